The third kappa shape index (κ3) is 2.59. The summed E-state index contributed by atoms with van der Waals surface area (Å²) in [6.07, 6.45) is 2.77. The molecule has 1 N–H and O–H groups in total. The second-order valence-electron chi connectivity index (χ2n) is 3.87. The predicted molar refractivity (Wildman–Crippen MR) is 53.6 cm³/mol. The fourth-order valence-electron chi connectivity index (χ4n) is 1.59. The molecular formula is C9H16ClNO3. The van der Waals surface area contributed by atoms with Crippen LogP contribution in [0.1, 0.15) is 19.3 Å². The maximum absolute atomic E-state index is 10.9. The first-order chi connectivity index (χ1) is 6.24. The molecule has 1 atom stereocenters. The van der Waals surface area contributed by atoms with Gasteiger partial charge in [0.05, 0.1) is 26.2 Å². The molecule has 82 valence electrons. The van der Waals surface area contributed by atoms with Gasteiger partial charge in [-0.25, -0.2) is 0 Å². The van der Waals surface area contributed by atoms with Crippen molar-refractivity contribution in [2.45, 2.75) is 30.9 Å². The van der Waals surface area contributed by atoms with Crippen molar-refractivity contribution in [3.63, 3.8) is 0 Å². The normalized spacial score (nSPS) is 27.9. The van der Waals surface area contributed by atoms with Gasteiger partial charge in [0, 0.05) is 12.1 Å². The van der Waals surface area contributed by atoms with Gasteiger partial charge in [0.15, 0.2) is 0 Å². The zero-order valence-electron chi connectivity index (χ0n) is 8.25. The summed E-state index contributed by atoms with van der Waals surface area (Å²) < 4.78 is 10.1. The number of carbonyl (C=O) groups excluding carboxylic acids is 1. The van der Waals surface area contributed by atoms with E-state index >= 15 is 0 Å². The molecule has 1 aliphatic carbocycles. The molecule has 0 aromatic heterocycles. The number of rotatable bonds is 2. The van der Waals surface area contributed by atoms with Crippen molar-refractivity contribution >= 4 is 18.4 Å². The fourth-order valence-corrected chi connectivity index (χ4v) is 1.59. The van der Waals surface area contributed by atoms with Crippen molar-refractivity contribution in [3.8, 4) is 0 Å². The summed E-state index contributed by atoms with van der Waals surface area (Å²) in [6.45, 7) is 1.52. The maximum Gasteiger partial charge on any atom is 0.308 e. The lowest BCUT2D eigenvalue weighted by Gasteiger charge is -2.29. The van der Waals surface area contributed by atoms with E-state index in [-0.39, 0.29) is 30.0 Å². The molecule has 2 rings (SSSR count). The van der Waals surface area contributed by atoms with Gasteiger partial charge in [-0.05, 0) is 12.8 Å². The van der Waals surface area contributed by atoms with Crippen molar-refractivity contribution in [3.05, 3.63) is 0 Å². The molecule has 5 heteroatoms. The molecule has 1 saturated carbocycles. The van der Waals surface area contributed by atoms with Gasteiger partial charge in [0.1, 0.15) is 0 Å². The quantitative estimate of drug-likeness (QED) is 0.690. The Bertz CT molecular complexity index is 208. The molecular weight excluding hydrogens is 206 g/mol. The molecule has 1 spiro atoms. The third-order valence-electron chi connectivity index (χ3n) is 2.78. The largest absolute Gasteiger partial charge is 0.469 e. The molecule has 1 saturated heterocycles. The van der Waals surface area contributed by atoms with E-state index in [1.807, 2.05) is 0 Å². The third-order valence-corrected chi connectivity index (χ3v) is 2.78. The van der Waals surface area contributed by atoms with Crippen LogP contribution in [0.4, 0.5) is 0 Å². The van der Waals surface area contributed by atoms with Crippen LogP contribution in [0.15, 0.2) is 0 Å². The van der Waals surface area contributed by atoms with Crippen LogP contribution in [0.25, 0.3) is 0 Å². The highest BCUT2D eigenvalue weighted by Gasteiger charge is 2.45. The number of morpholine rings is 1. The van der Waals surface area contributed by atoms with Gasteiger partial charge >= 0.3 is 5.97 Å². The molecule has 0 amide bonds. The minimum absolute atomic E-state index is 0. The molecule has 2 aliphatic rings. The molecule has 2 fully saturated rings. The number of halogens is 1. The Morgan fingerprint density at radius 3 is 2.79 bits per heavy atom. The van der Waals surface area contributed by atoms with Crippen LogP contribution in [0, 0.1) is 0 Å². The smallest absolute Gasteiger partial charge is 0.308 e. The Morgan fingerprint density at radius 1 is 1.64 bits per heavy atom. The molecule has 0 aromatic rings. The minimum atomic E-state index is -0.196. The van der Waals surface area contributed by atoms with Crippen LogP contribution in [0.2, 0.25) is 0 Å². The van der Waals surface area contributed by atoms with E-state index in [1.165, 1.54) is 20.0 Å². The van der Waals surface area contributed by atoms with Crippen LogP contribution in [-0.4, -0.2) is 37.9 Å². The van der Waals surface area contributed by atoms with Crippen molar-refractivity contribution in [2.75, 3.05) is 20.3 Å². The average Bonchev–Trinajstić information content (AvgIpc) is 2.90. The summed E-state index contributed by atoms with van der Waals surface area (Å²) in [6, 6.07) is 0. The highest BCUT2D eigenvalue weighted by Crippen LogP contribution is 2.37. The van der Waals surface area contributed by atoms with Crippen molar-refractivity contribution in [2.24, 2.45) is 0 Å². The number of ether oxygens (including phenoxy) is 2. The van der Waals surface area contributed by atoms with Crippen LogP contribution in [0.3, 0.4) is 0 Å². The predicted octanol–water partition coefficient (Wildman–Crippen LogP) is 0.492. The van der Waals surface area contributed by atoms with E-state index in [9.17, 15) is 4.79 Å². The van der Waals surface area contributed by atoms with Crippen LogP contribution in [0.5, 0.6) is 0 Å². The van der Waals surface area contributed by atoms with E-state index in [4.69, 9.17) is 4.74 Å². The van der Waals surface area contributed by atoms with Gasteiger partial charge in [0.2, 0.25) is 0 Å². The first-order valence-electron chi connectivity index (χ1n) is 4.68. The Labute approximate surface area is 89.7 Å². The summed E-state index contributed by atoms with van der Waals surface area (Å²) in [5.41, 5.74) is 0.270. The minimum Gasteiger partial charge on any atom is -0.469 e. The van der Waals surface area contributed by atoms with Gasteiger partial charge in [-0.2, -0.15) is 0 Å². The Balaban J connectivity index is 0.000000980. The van der Waals surface area contributed by atoms with E-state index in [2.05, 4.69) is 10.1 Å². The highest BCUT2D eigenvalue weighted by molar-refractivity contribution is 5.85. The Hall–Kier alpha value is -0.320. The molecule has 1 heterocycles. The topological polar surface area (TPSA) is 47.6 Å². The van der Waals surface area contributed by atoms with Crippen LogP contribution >= 0.6 is 12.4 Å². The van der Waals surface area contributed by atoms with Crippen LogP contribution in [-0.2, 0) is 14.3 Å². The highest BCUT2D eigenvalue weighted by atomic mass is 35.5. The van der Waals surface area contributed by atoms with Crippen molar-refractivity contribution in [1.29, 1.82) is 0 Å². The average molecular weight is 222 g/mol. The number of carbonyl (C=O) groups is 1. The van der Waals surface area contributed by atoms with Gasteiger partial charge in [-0.3, -0.25) is 4.79 Å². The number of nitrogens with one attached hydrogen (secondary N) is 1. The lowest BCUT2D eigenvalue weighted by atomic mass is 10.1. The zero-order chi connectivity index (χ0) is 9.31. The lowest BCUT2D eigenvalue weighted by molar-refractivity contribution is -0.144. The summed E-state index contributed by atoms with van der Waals surface area (Å²) in [7, 11) is 1.40. The second-order valence-corrected chi connectivity index (χ2v) is 3.87. The first-order valence-corrected chi connectivity index (χ1v) is 4.68. The molecule has 4 nitrogen and oxygen atoms in total. The molecule has 0 bridgehead atoms. The molecule has 14 heavy (non-hydrogen) atoms. The van der Waals surface area contributed by atoms with Gasteiger partial charge in [0.25, 0.3) is 0 Å². The summed E-state index contributed by atoms with van der Waals surface area (Å²) >= 11 is 0. The first kappa shape index (κ1) is 11.8. The van der Waals surface area contributed by atoms with Crippen LogP contribution < -0.4 is 5.32 Å². The monoisotopic (exact) mass is 221 g/mol. The van der Waals surface area contributed by atoms with E-state index < -0.39 is 0 Å². The summed E-state index contributed by atoms with van der Waals surface area (Å²) in [5.74, 6) is -0.196. The lowest BCUT2D eigenvalue weighted by Crippen LogP contribution is -2.48. The second kappa shape index (κ2) is 4.47. The molecule has 1 unspecified atom stereocenters. The Morgan fingerprint density at radius 2 is 2.36 bits per heavy atom. The van der Waals surface area contributed by atoms with E-state index in [1.54, 1.807) is 0 Å². The van der Waals surface area contributed by atoms with Crippen molar-refractivity contribution in [1.82, 2.24) is 5.32 Å². The van der Waals surface area contributed by atoms with Gasteiger partial charge < -0.3 is 14.8 Å². The van der Waals surface area contributed by atoms with E-state index in [0.717, 1.165) is 13.2 Å². The number of hydrogen-bond donors (Lipinski definition) is 1. The molecule has 0 radical (unpaired) electrons. The summed E-state index contributed by atoms with van der Waals surface area (Å²) in [4.78, 5) is 10.9. The number of esters is 1. The summed E-state index contributed by atoms with van der Waals surface area (Å²) in [5, 5.41) is 3.42. The van der Waals surface area contributed by atoms with E-state index in [0.29, 0.717) is 6.42 Å². The number of hydrogen-bond acceptors (Lipinski definition) is 4. The SMILES string of the molecule is COC(=O)CC1CNC2(CC2)CO1.Cl. The molecule has 0 aromatic carbocycles. The standard InChI is InChI=1S/C9H15NO3.ClH/c1-12-8(11)4-7-5-10-9(2-3-9)6-13-7;/h7,10H,2-6H2,1H3;1H. The number of methoxy groups -OCH3 is 1. The zero-order valence-corrected chi connectivity index (χ0v) is 9.06. The Kier molecular flexibility index (Phi) is 3.75. The van der Waals surface area contributed by atoms with Gasteiger partial charge in [-0.1, -0.05) is 0 Å². The molecule has 1 aliphatic heterocycles. The maximum atomic E-state index is 10.9. The van der Waals surface area contributed by atoms with Crippen molar-refractivity contribution < 1.29 is 14.3 Å². The fraction of sp³-hybridized carbons (Fsp3) is 0.889. The van der Waals surface area contributed by atoms with Gasteiger partial charge in [-0.15, -0.1) is 12.4 Å².